The molecule has 112 valence electrons. The minimum absolute atomic E-state index is 0.0439. The van der Waals surface area contributed by atoms with Gasteiger partial charge >= 0.3 is 11.9 Å². The Bertz CT molecular complexity index is 708. The molecule has 0 spiro atoms. The number of ether oxygens (including phenoxy) is 2. The van der Waals surface area contributed by atoms with Crippen LogP contribution in [0, 0.1) is 13.8 Å². The highest BCUT2D eigenvalue weighted by molar-refractivity contribution is 5.85. The lowest BCUT2D eigenvalue weighted by Gasteiger charge is -2.09. The van der Waals surface area contributed by atoms with Crippen molar-refractivity contribution in [2.24, 2.45) is 0 Å². The average molecular weight is 292 g/mol. The molecule has 0 aliphatic heterocycles. The van der Waals surface area contributed by atoms with Crippen molar-refractivity contribution in [1.82, 2.24) is 19.6 Å². The highest BCUT2D eigenvalue weighted by atomic mass is 16.5. The fraction of sp³-hybridized carbons (Fsp3) is 0.462. The summed E-state index contributed by atoms with van der Waals surface area (Å²) in [5.41, 5.74) is 2.41. The smallest absolute Gasteiger partial charge is 0.378 e. The standard InChI is InChI=1S/C13H16N4O4/c1-7-9(5-6-10(18)20-3)8(2)17-13(14-7)15-11(16-17)12(19)21-4/h5-6H2,1-4H3. The van der Waals surface area contributed by atoms with Gasteiger partial charge in [-0.2, -0.15) is 4.98 Å². The highest BCUT2D eigenvalue weighted by Gasteiger charge is 2.18. The molecular formula is C13H16N4O4. The fourth-order valence-corrected chi connectivity index (χ4v) is 2.08. The second kappa shape index (κ2) is 5.86. The van der Waals surface area contributed by atoms with Gasteiger partial charge in [-0.1, -0.05) is 0 Å². The molecule has 0 bridgehead atoms. The number of fused-ring (bicyclic) bond motifs is 1. The fourth-order valence-electron chi connectivity index (χ4n) is 2.08. The molecule has 2 heterocycles. The Kier molecular flexibility index (Phi) is 4.15. The van der Waals surface area contributed by atoms with Crippen LogP contribution in [0.3, 0.4) is 0 Å². The zero-order valence-electron chi connectivity index (χ0n) is 12.3. The Labute approximate surface area is 121 Å². The van der Waals surface area contributed by atoms with Gasteiger partial charge in [0.1, 0.15) is 0 Å². The van der Waals surface area contributed by atoms with E-state index < -0.39 is 5.97 Å². The van der Waals surface area contributed by atoms with Crippen molar-refractivity contribution in [3.8, 4) is 0 Å². The zero-order chi connectivity index (χ0) is 15.6. The summed E-state index contributed by atoms with van der Waals surface area (Å²) >= 11 is 0. The van der Waals surface area contributed by atoms with Gasteiger partial charge in [0.15, 0.2) is 0 Å². The zero-order valence-corrected chi connectivity index (χ0v) is 12.3. The summed E-state index contributed by atoms with van der Waals surface area (Å²) in [7, 11) is 2.62. The second-order valence-corrected chi connectivity index (χ2v) is 4.48. The van der Waals surface area contributed by atoms with Crippen LogP contribution < -0.4 is 0 Å². The number of carbonyl (C=O) groups excluding carboxylic acids is 2. The van der Waals surface area contributed by atoms with Gasteiger partial charge in [0.2, 0.25) is 0 Å². The maximum Gasteiger partial charge on any atom is 0.378 e. The SMILES string of the molecule is COC(=O)CCc1c(C)nc2nc(C(=O)OC)nn2c1C. The topological polar surface area (TPSA) is 95.7 Å². The first-order chi connectivity index (χ1) is 9.97. The molecule has 21 heavy (non-hydrogen) atoms. The number of nitrogens with zero attached hydrogens (tertiary/aromatic N) is 4. The minimum Gasteiger partial charge on any atom is -0.469 e. The van der Waals surface area contributed by atoms with E-state index in [0.717, 1.165) is 17.0 Å². The molecule has 8 nitrogen and oxygen atoms in total. The van der Waals surface area contributed by atoms with E-state index in [-0.39, 0.29) is 18.2 Å². The predicted molar refractivity (Wildman–Crippen MR) is 71.9 cm³/mol. The van der Waals surface area contributed by atoms with Crippen molar-refractivity contribution in [3.05, 3.63) is 22.8 Å². The lowest BCUT2D eigenvalue weighted by atomic mass is 10.1. The molecular weight excluding hydrogens is 276 g/mol. The van der Waals surface area contributed by atoms with Crippen molar-refractivity contribution >= 4 is 17.7 Å². The molecule has 2 aromatic heterocycles. The largest absolute Gasteiger partial charge is 0.469 e. The Morgan fingerprint density at radius 1 is 1.14 bits per heavy atom. The van der Waals surface area contributed by atoms with Crippen molar-refractivity contribution in [2.75, 3.05) is 14.2 Å². The van der Waals surface area contributed by atoms with E-state index in [1.807, 2.05) is 13.8 Å². The third-order valence-corrected chi connectivity index (χ3v) is 3.22. The first kappa shape index (κ1) is 14.9. The quantitative estimate of drug-likeness (QED) is 0.763. The van der Waals surface area contributed by atoms with Crippen molar-refractivity contribution in [2.45, 2.75) is 26.7 Å². The van der Waals surface area contributed by atoms with Crippen molar-refractivity contribution < 1.29 is 19.1 Å². The van der Waals surface area contributed by atoms with Gasteiger partial charge in [0.25, 0.3) is 11.6 Å². The Balaban J connectivity index is 2.43. The summed E-state index contributed by atoms with van der Waals surface area (Å²) in [5.74, 6) is -0.624. The van der Waals surface area contributed by atoms with Crippen LogP contribution in [0.25, 0.3) is 5.78 Å². The van der Waals surface area contributed by atoms with E-state index in [9.17, 15) is 9.59 Å². The molecule has 2 aromatic rings. The summed E-state index contributed by atoms with van der Waals surface area (Å²) in [5, 5.41) is 4.08. The molecule has 2 rings (SSSR count). The number of esters is 2. The molecule has 0 atom stereocenters. The average Bonchev–Trinajstić information content (AvgIpc) is 2.89. The van der Waals surface area contributed by atoms with Gasteiger partial charge in [-0.25, -0.2) is 14.3 Å². The first-order valence-corrected chi connectivity index (χ1v) is 6.36. The third kappa shape index (κ3) is 2.83. The number of rotatable bonds is 4. The monoisotopic (exact) mass is 292 g/mol. The lowest BCUT2D eigenvalue weighted by molar-refractivity contribution is -0.140. The number of carbonyl (C=O) groups is 2. The van der Waals surface area contributed by atoms with E-state index >= 15 is 0 Å². The molecule has 0 unspecified atom stereocenters. The van der Waals surface area contributed by atoms with Gasteiger partial charge in [0, 0.05) is 17.8 Å². The van der Waals surface area contributed by atoms with Crippen molar-refractivity contribution in [1.29, 1.82) is 0 Å². The van der Waals surface area contributed by atoms with E-state index in [1.165, 1.54) is 18.7 Å². The number of hydrogen-bond donors (Lipinski definition) is 0. The summed E-state index contributed by atoms with van der Waals surface area (Å²) in [4.78, 5) is 31.1. The number of methoxy groups -OCH3 is 2. The maximum absolute atomic E-state index is 11.5. The number of aryl methyl sites for hydroxylation is 2. The summed E-state index contributed by atoms with van der Waals surface area (Å²) in [6, 6.07) is 0. The predicted octanol–water partition coefficient (Wildman–Crippen LogP) is 0.633. The Hall–Kier alpha value is -2.51. The van der Waals surface area contributed by atoms with Gasteiger partial charge < -0.3 is 9.47 Å². The van der Waals surface area contributed by atoms with E-state index in [2.05, 4.69) is 24.5 Å². The molecule has 0 saturated heterocycles. The third-order valence-electron chi connectivity index (χ3n) is 3.22. The molecule has 0 saturated carbocycles. The molecule has 0 aliphatic rings. The Morgan fingerprint density at radius 2 is 1.86 bits per heavy atom. The first-order valence-electron chi connectivity index (χ1n) is 6.36. The molecule has 0 N–H and O–H groups in total. The minimum atomic E-state index is -0.617. The number of hydrogen-bond acceptors (Lipinski definition) is 7. The van der Waals surface area contributed by atoms with Crippen LogP contribution in [0.5, 0.6) is 0 Å². The van der Waals surface area contributed by atoms with Crippen LogP contribution in [0.15, 0.2) is 0 Å². The molecule has 0 aliphatic carbocycles. The summed E-state index contributed by atoms with van der Waals surface area (Å²) in [6.45, 7) is 3.66. The van der Waals surface area contributed by atoms with Gasteiger partial charge in [-0.05, 0) is 25.8 Å². The van der Waals surface area contributed by atoms with Gasteiger partial charge in [0.05, 0.1) is 14.2 Å². The van der Waals surface area contributed by atoms with Crippen LogP contribution in [-0.2, 0) is 20.7 Å². The molecule has 0 aromatic carbocycles. The van der Waals surface area contributed by atoms with Gasteiger partial charge in [-0.3, -0.25) is 4.79 Å². The summed E-state index contributed by atoms with van der Waals surface area (Å²) < 4.78 is 10.7. The highest BCUT2D eigenvalue weighted by Crippen LogP contribution is 2.16. The van der Waals surface area contributed by atoms with E-state index in [0.29, 0.717) is 12.2 Å². The lowest BCUT2D eigenvalue weighted by Crippen LogP contribution is -2.09. The molecule has 8 heteroatoms. The van der Waals surface area contributed by atoms with Crippen LogP contribution in [-0.4, -0.2) is 45.7 Å². The number of aromatic nitrogens is 4. The van der Waals surface area contributed by atoms with Crippen LogP contribution >= 0.6 is 0 Å². The Morgan fingerprint density at radius 3 is 2.48 bits per heavy atom. The van der Waals surface area contributed by atoms with Crippen LogP contribution in [0.1, 0.15) is 34.0 Å². The maximum atomic E-state index is 11.5. The molecule has 0 radical (unpaired) electrons. The van der Waals surface area contributed by atoms with E-state index in [1.54, 1.807) is 0 Å². The van der Waals surface area contributed by atoms with Crippen LogP contribution in [0.2, 0.25) is 0 Å². The normalized spacial score (nSPS) is 10.7. The van der Waals surface area contributed by atoms with E-state index in [4.69, 9.17) is 0 Å². The van der Waals surface area contributed by atoms with Gasteiger partial charge in [-0.15, -0.1) is 5.10 Å². The molecule has 0 amide bonds. The van der Waals surface area contributed by atoms with Crippen LogP contribution in [0.4, 0.5) is 0 Å². The van der Waals surface area contributed by atoms with Crippen molar-refractivity contribution in [3.63, 3.8) is 0 Å². The second-order valence-electron chi connectivity index (χ2n) is 4.48. The molecule has 0 fully saturated rings. The summed E-state index contributed by atoms with van der Waals surface area (Å²) in [6.07, 6.45) is 0.741.